The lowest BCUT2D eigenvalue weighted by Gasteiger charge is -2.21. The van der Waals surface area contributed by atoms with Gasteiger partial charge in [0.05, 0.1) is 5.56 Å². The number of fused-ring (bicyclic) bond motifs is 12. The van der Waals surface area contributed by atoms with Crippen LogP contribution in [0.25, 0.3) is 132 Å². The van der Waals surface area contributed by atoms with Crippen LogP contribution in [0.15, 0.2) is 197 Å². The van der Waals surface area contributed by atoms with Crippen molar-refractivity contribution >= 4 is 75.4 Å². The van der Waals surface area contributed by atoms with Crippen molar-refractivity contribution in [2.75, 3.05) is 0 Å². The fourth-order valence-electron chi connectivity index (χ4n) is 10.7. The van der Waals surface area contributed by atoms with Gasteiger partial charge >= 0.3 is 0 Å². The summed E-state index contributed by atoms with van der Waals surface area (Å²) in [6.07, 6.45) is 0. The predicted octanol–water partition coefficient (Wildman–Crippen LogP) is 16.7. The summed E-state index contributed by atoms with van der Waals surface area (Å²) in [5, 5.41) is 6.34. The molecule has 0 spiro atoms. The Kier molecular flexibility index (Phi) is 7.84. The maximum atomic E-state index is 6.60. The Morgan fingerprint density at radius 3 is 1.80 bits per heavy atom. The molecule has 9 aromatic carbocycles. The monoisotopic (exact) mass is 863 g/mol. The van der Waals surface area contributed by atoms with E-state index >= 15 is 0 Å². The summed E-state index contributed by atoms with van der Waals surface area (Å²) in [6.45, 7) is 4.67. The quantitative estimate of drug-likeness (QED) is 0.172. The third-order valence-corrected chi connectivity index (χ3v) is 14.9. The average molecular weight is 864 g/mol. The molecule has 1 aliphatic rings. The Hall–Kier alpha value is -8.19. The maximum absolute atomic E-state index is 6.60. The highest BCUT2D eigenvalue weighted by molar-refractivity contribution is 7.25. The zero-order valence-electron chi connectivity index (χ0n) is 36.0. The van der Waals surface area contributed by atoms with E-state index in [9.17, 15) is 0 Å². The van der Waals surface area contributed by atoms with Gasteiger partial charge < -0.3 is 8.83 Å². The molecule has 0 bridgehead atoms. The zero-order valence-corrected chi connectivity index (χ0v) is 36.8. The number of rotatable bonds is 5. The van der Waals surface area contributed by atoms with E-state index in [-0.39, 0.29) is 5.41 Å². The lowest BCUT2D eigenvalue weighted by molar-refractivity contribution is 0.660. The Bertz CT molecular complexity index is 4150. The molecule has 4 heterocycles. The molecule has 0 radical (unpaired) electrons. The molecule has 0 atom stereocenters. The molecule has 0 unspecified atom stereocenters. The van der Waals surface area contributed by atoms with Gasteiger partial charge in [0.25, 0.3) is 0 Å². The normalized spacial score (nSPS) is 13.1. The van der Waals surface area contributed by atoms with E-state index in [1.165, 1.54) is 48.2 Å². The Labute approximate surface area is 383 Å². The number of hydrogen-bond donors (Lipinski definition) is 0. The van der Waals surface area contributed by atoms with Crippen molar-refractivity contribution in [1.29, 1.82) is 0 Å². The Morgan fingerprint density at radius 1 is 0.379 bits per heavy atom. The van der Waals surface area contributed by atoms with Crippen LogP contribution in [0, 0.1) is 0 Å². The standard InChI is InChI=1S/C60H37N3O2S/c1-60(2)46-21-6-3-14-40(46)53-37(16-10-22-47(53)60)35-29-27-34(28-30-35)36-31-32-49-45(33-36)54-42(18-11-24-50(54)64-49)57-61-58(43-19-12-26-52-55(43)41-15-5-8-25-51(41)66-52)63-59(62-57)44-20-9-17-39-38-13-4-7-23-48(38)65-56(39)44/h3-33H,1-2H3. The first-order valence-corrected chi connectivity index (χ1v) is 23.2. The Morgan fingerprint density at radius 2 is 0.939 bits per heavy atom. The van der Waals surface area contributed by atoms with Gasteiger partial charge in [-0.15, -0.1) is 11.3 Å². The highest BCUT2D eigenvalue weighted by atomic mass is 32.1. The van der Waals surface area contributed by atoms with Gasteiger partial charge in [-0.2, -0.15) is 0 Å². The number of hydrogen-bond acceptors (Lipinski definition) is 6. The summed E-state index contributed by atoms with van der Waals surface area (Å²) in [7, 11) is 0. The van der Waals surface area contributed by atoms with E-state index < -0.39 is 0 Å². The van der Waals surface area contributed by atoms with E-state index in [0.29, 0.717) is 17.5 Å². The van der Waals surface area contributed by atoms with Gasteiger partial charge in [-0.05, 0) is 87.0 Å². The second-order valence-corrected chi connectivity index (χ2v) is 18.9. The molecule has 5 nitrogen and oxygen atoms in total. The number of thiophene rings is 1. The summed E-state index contributed by atoms with van der Waals surface area (Å²) in [5.74, 6) is 1.69. The second kappa shape index (κ2) is 13.9. The van der Waals surface area contributed by atoms with E-state index in [1.807, 2.05) is 36.4 Å². The highest BCUT2D eigenvalue weighted by Crippen LogP contribution is 2.52. The van der Waals surface area contributed by atoms with Crippen LogP contribution in [-0.2, 0) is 5.41 Å². The maximum Gasteiger partial charge on any atom is 0.167 e. The van der Waals surface area contributed by atoms with Crippen LogP contribution in [0.4, 0.5) is 0 Å². The molecule has 1 aliphatic carbocycles. The minimum atomic E-state index is -0.0521. The van der Waals surface area contributed by atoms with Gasteiger partial charge in [0.15, 0.2) is 17.5 Å². The summed E-state index contributed by atoms with van der Waals surface area (Å²) >= 11 is 1.78. The average Bonchev–Trinajstić information content (AvgIpc) is 4.12. The number of furan rings is 2. The minimum absolute atomic E-state index is 0.0521. The first kappa shape index (κ1) is 37.2. The summed E-state index contributed by atoms with van der Waals surface area (Å²) in [4.78, 5) is 16.0. The van der Waals surface area contributed by atoms with Crippen molar-refractivity contribution in [3.05, 3.63) is 199 Å². The highest BCUT2D eigenvalue weighted by Gasteiger charge is 2.36. The zero-order chi connectivity index (χ0) is 43.7. The molecule has 13 aromatic rings. The molecule has 310 valence electrons. The van der Waals surface area contributed by atoms with Crippen LogP contribution in [0.5, 0.6) is 0 Å². The summed E-state index contributed by atoms with van der Waals surface area (Å²) in [5.41, 5.74) is 15.8. The molecular weight excluding hydrogens is 827 g/mol. The molecule has 14 rings (SSSR count). The third-order valence-electron chi connectivity index (χ3n) is 13.8. The van der Waals surface area contributed by atoms with Gasteiger partial charge in [-0.3, -0.25) is 0 Å². The van der Waals surface area contributed by atoms with E-state index in [4.69, 9.17) is 23.8 Å². The number of nitrogens with zero attached hydrogens (tertiary/aromatic N) is 3. The van der Waals surface area contributed by atoms with Crippen LogP contribution >= 0.6 is 11.3 Å². The molecular formula is C60H37N3O2S. The van der Waals surface area contributed by atoms with Gasteiger partial charge in [-0.1, -0.05) is 159 Å². The van der Waals surface area contributed by atoms with E-state index in [2.05, 4.69) is 166 Å². The fraction of sp³-hybridized carbons (Fsp3) is 0.0500. The number of benzene rings is 9. The van der Waals surface area contributed by atoms with Crippen LogP contribution in [-0.4, -0.2) is 15.0 Å². The molecule has 0 saturated heterocycles. The Balaban J connectivity index is 0.940. The van der Waals surface area contributed by atoms with E-state index in [1.54, 1.807) is 11.3 Å². The van der Waals surface area contributed by atoms with Crippen molar-refractivity contribution < 1.29 is 8.83 Å². The summed E-state index contributed by atoms with van der Waals surface area (Å²) < 4.78 is 15.6. The van der Waals surface area contributed by atoms with Crippen molar-refractivity contribution in [2.45, 2.75) is 19.3 Å². The van der Waals surface area contributed by atoms with Crippen molar-refractivity contribution in [3.8, 4) is 67.5 Å². The number of para-hydroxylation sites is 2. The SMILES string of the molecule is CC1(C)c2ccccc2-c2c(-c3ccc(-c4ccc5oc6cccc(-c7nc(-c8cccc9c8oc8ccccc89)nc(-c8cccc9sc%10ccccc%10c89)n7)c6c5c4)cc3)cccc21. The first-order chi connectivity index (χ1) is 32.5. The number of aromatic nitrogens is 3. The van der Waals surface area contributed by atoms with Gasteiger partial charge in [0, 0.05) is 58.3 Å². The third kappa shape index (κ3) is 5.42. The van der Waals surface area contributed by atoms with Crippen molar-refractivity contribution in [3.63, 3.8) is 0 Å². The first-order valence-electron chi connectivity index (χ1n) is 22.3. The fourth-order valence-corrected chi connectivity index (χ4v) is 11.8. The van der Waals surface area contributed by atoms with Crippen LogP contribution in [0.3, 0.4) is 0 Å². The molecule has 0 amide bonds. The van der Waals surface area contributed by atoms with Crippen molar-refractivity contribution in [2.24, 2.45) is 0 Å². The van der Waals surface area contributed by atoms with Crippen LogP contribution < -0.4 is 0 Å². The second-order valence-electron chi connectivity index (χ2n) is 17.8. The lowest BCUT2D eigenvalue weighted by atomic mass is 9.82. The van der Waals surface area contributed by atoms with Crippen LogP contribution in [0.1, 0.15) is 25.0 Å². The molecule has 4 aromatic heterocycles. The smallest absolute Gasteiger partial charge is 0.167 e. The van der Waals surface area contributed by atoms with Gasteiger partial charge in [0.1, 0.15) is 22.3 Å². The molecule has 0 fully saturated rings. The molecule has 0 aliphatic heterocycles. The molecule has 0 N–H and O–H groups in total. The van der Waals surface area contributed by atoms with Crippen LogP contribution in [0.2, 0.25) is 0 Å². The van der Waals surface area contributed by atoms with Gasteiger partial charge in [-0.25, -0.2) is 15.0 Å². The minimum Gasteiger partial charge on any atom is -0.456 e. The van der Waals surface area contributed by atoms with Crippen molar-refractivity contribution in [1.82, 2.24) is 15.0 Å². The summed E-state index contributed by atoms with van der Waals surface area (Å²) in [6, 6.07) is 66.5. The van der Waals surface area contributed by atoms with Gasteiger partial charge in [0.2, 0.25) is 0 Å². The largest absolute Gasteiger partial charge is 0.456 e. The topological polar surface area (TPSA) is 65.0 Å². The van der Waals surface area contributed by atoms with E-state index in [0.717, 1.165) is 77.1 Å². The molecule has 0 saturated carbocycles. The molecule has 6 heteroatoms. The molecule has 66 heavy (non-hydrogen) atoms. The lowest BCUT2D eigenvalue weighted by Crippen LogP contribution is -2.14. The predicted molar refractivity (Wildman–Crippen MR) is 272 cm³/mol.